The summed E-state index contributed by atoms with van der Waals surface area (Å²) in [5.41, 5.74) is 2.83. The summed E-state index contributed by atoms with van der Waals surface area (Å²) in [4.78, 5) is 4.53. The Balaban J connectivity index is 1.89. The molecule has 1 aromatic heterocycles. The largest absolute Gasteiger partial charge is 0.598 e. The Morgan fingerprint density at radius 1 is 1.43 bits per heavy atom. The van der Waals surface area contributed by atoms with Gasteiger partial charge in [-0.2, -0.15) is 0 Å². The van der Waals surface area contributed by atoms with E-state index in [4.69, 9.17) is 4.74 Å². The van der Waals surface area contributed by atoms with Gasteiger partial charge >= 0.3 is 0 Å². The lowest BCUT2D eigenvalue weighted by Crippen LogP contribution is -2.40. The van der Waals surface area contributed by atoms with E-state index in [2.05, 4.69) is 25.6 Å². The van der Waals surface area contributed by atoms with Crippen molar-refractivity contribution in [3.63, 3.8) is 0 Å². The first-order chi connectivity index (χ1) is 10.8. The van der Waals surface area contributed by atoms with Crippen LogP contribution in [0.2, 0.25) is 0 Å². The van der Waals surface area contributed by atoms with E-state index in [0.717, 1.165) is 27.3 Å². The smallest absolute Gasteiger partial charge is 0.145 e. The average Bonchev–Trinajstić information content (AvgIpc) is 2.89. The van der Waals surface area contributed by atoms with E-state index in [1.54, 1.807) is 6.33 Å². The maximum Gasteiger partial charge on any atom is 0.145 e. The van der Waals surface area contributed by atoms with Gasteiger partial charge in [0.15, 0.2) is 0 Å². The highest BCUT2D eigenvalue weighted by Crippen LogP contribution is 2.34. The number of halogens is 1. The van der Waals surface area contributed by atoms with E-state index in [0.29, 0.717) is 6.61 Å². The summed E-state index contributed by atoms with van der Waals surface area (Å²) < 4.78 is 24.0. The molecule has 0 fully saturated rings. The molecule has 7 heteroatoms. The molecular formula is C16H20BrN3O2S. The van der Waals surface area contributed by atoms with E-state index in [1.807, 2.05) is 50.5 Å². The second-order valence-corrected chi connectivity index (χ2v) is 9.48. The van der Waals surface area contributed by atoms with Crippen LogP contribution in [0.25, 0.3) is 5.69 Å². The number of nitrogens with zero attached hydrogens (tertiary/aromatic N) is 2. The molecular weight excluding hydrogens is 378 g/mol. The third-order valence-corrected chi connectivity index (χ3v) is 5.87. The minimum atomic E-state index is -1.15. The Labute approximate surface area is 147 Å². The molecule has 2 atom stereocenters. The number of ether oxygens (including phenoxy) is 1. The van der Waals surface area contributed by atoms with Gasteiger partial charge in [0.1, 0.15) is 23.4 Å². The van der Waals surface area contributed by atoms with E-state index in [9.17, 15) is 4.55 Å². The third-order valence-electron chi connectivity index (χ3n) is 3.69. The normalized spacial score (nSPS) is 16.3. The minimum absolute atomic E-state index is 0.119. The summed E-state index contributed by atoms with van der Waals surface area (Å²) in [5.74, 6) is 0.828. The van der Waals surface area contributed by atoms with Gasteiger partial charge in [-0.3, -0.25) is 4.57 Å². The highest BCUT2D eigenvalue weighted by molar-refractivity contribution is 9.10. The molecule has 1 unspecified atom stereocenters. The number of aromatic nitrogens is 2. The summed E-state index contributed by atoms with van der Waals surface area (Å²) in [6.45, 7) is 8.27. The van der Waals surface area contributed by atoms with Crippen LogP contribution in [0.3, 0.4) is 0 Å². The summed E-state index contributed by atoms with van der Waals surface area (Å²) in [7, 11) is 0. The maximum atomic E-state index is 12.3. The van der Waals surface area contributed by atoms with Gasteiger partial charge in [-0.1, -0.05) is 15.9 Å². The van der Waals surface area contributed by atoms with Crippen molar-refractivity contribution in [2.45, 2.75) is 45.1 Å². The standard InChI is InChI=1S/C16H20BrN3O2S/c1-10(19-23(21)16(2,3)4)15-13-8-22-14-7-11(17)5-6-12(14)20(13)9-18-15/h5-7,9-10,19H,8H2,1-4H3/t10-,23?/m0/s1. The first-order valence-corrected chi connectivity index (χ1v) is 9.38. The molecule has 2 aromatic rings. The van der Waals surface area contributed by atoms with Crippen LogP contribution in [0.15, 0.2) is 29.0 Å². The topological polar surface area (TPSA) is 62.1 Å². The molecule has 2 heterocycles. The van der Waals surface area contributed by atoms with Crippen LogP contribution in [0.4, 0.5) is 0 Å². The monoisotopic (exact) mass is 397 g/mol. The van der Waals surface area contributed by atoms with E-state index < -0.39 is 11.4 Å². The zero-order valence-corrected chi connectivity index (χ0v) is 16.0. The molecule has 1 aliphatic heterocycles. The Kier molecular flexibility index (Phi) is 4.48. The number of hydrogen-bond donors (Lipinski definition) is 1. The number of hydrogen-bond acceptors (Lipinski definition) is 4. The molecule has 0 saturated carbocycles. The van der Waals surface area contributed by atoms with E-state index in [1.165, 1.54) is 0 Å². The van der Waals surface area contributed by atoms with Crippen LogP contribution in [0, 0.1) is 0 Å². The van der Waals surface area contributed by atoms with Crippen LogP contribution >= 0.6 is 15.9 Å². The summed E-state index contributed by atoms with van der Waals surface area (Å²) in [6, 6.07) is 5.81. The van der Waals surface area contributed by atoms with Crippen molar-refractivity contribution in [2.24, 2.45) is 0 Å². The second-order valence-electron chi connectivity index (χ2n) is 6.57. The molecule has 0 bridgehead atoms. The molecule has 1 aliphatic rings. The van der Waals surface area contributed by atoms with Crippen LogP contribution in [0.5, 0.6) is 5.75 Å². The van der Waals surface area contributed by atoms with Crippen molar-refractivity contribution in [2.75, 3.05) is 0 Å². The SMILES string of the molecule is C[C@H](N[S+]([O-])C(C)(C)C)c1ncn2c1COc1cc(Br)ccc1-2. The van der Waals surface area contributed by atoms with Gasteiger partial charge in [-0.05, 0) is 45.9 Å². The summed E-state index contributed by atoms with van der Waals surface area (Å²) in [6.07, 6.45) is 1.80. The van der Waals surface area contributed by atoms with E-state index >= 15 is 0 Å². The van der Waals surface area contributed by atoms with Crippen LogP contribution in [0.1, 0.15) is 45.1 Å². The van der Waals surface area contributed by atoms with Crippen LogP contribution < -0.4 is 9.46 Å². The maximum absolute atomic E-state index is 12.3. The fourth-order valence-corrected chi connectivity index (χ4v) is 3.57. The molecule has 23 heavy (non-hydrogen) atoms. The molecule has 0 amide bonds. The molecule has 3 rings (SSSR count). The zero-order valence-electron chi connectivity index (χ0n) is 13.6. The molecule has 0 radical (unpaired) electrons. The number of fused-ring (bicyclic) bond motifs is 3. The number of imidazole rings is 1. The quantitative estimate of drug-likeness (QED) is 0.802. The lowest BCUT2D eigenvalue weighted by molar-refractivity contribution is 0.282. The summed E-state index contributed by atoms with van der Waals surface area (Å²) >= 11 is 2.31. The molecule has 0 saturated heterocycles. The van der Waals surface area contributed by atoms with Gasteiger partial charge < -0.3 is 9.29 Å². The molecule has 1 aromatic carbocycles. The van der Waals surface area contributed by atoms with Gasteiger partial charge in [0.25, 0.3) is 0 Å². The molecule has 0 aliphatic carbocycles. The van der Waals surface area contributed by atoms with Gasteiger partial charge in [0, 0.05) is 15.8 Å². The number of rotatable bonds is 3. The Morgan fingerprint density at radius 2 is 2.17 bits per heavy atom. The highest BCUT2D eigenvalue weighted by atomic mass is 79.9. The third kappa shape index (κ3) is 3.28. The molecule has 124 valence electrons. The van der Waals surface area contributed by atoms with Gasteiger partial charge in [-0.15, -0.1) is 4.72 Å². The zero-order chi connectivity index (χ0) is 16.8. The molecule has 5 nitrogen and oxygen atoms in total. The summed E-state index contributed by atoms with van der Waals surface area (Å²) in [5, 5.41) is 0. The van der Waals surface area contributed by atoms with Crippen molar-refractivity contribution in [1.82, 2.24) is 14.3 Å². The number of nitrogens with one attached hydrogen (secondary N) is 1. The highest BCUT2D eigenvalue weighted by Gasteiger charge is 2.31. The van der Waals surface area contributed by atoms with Crippen LogP contribution in [-0.4, -0.2) is 18.9 Å². The van der Waals surface area contributed by atoms with Crippen molar-refractivity contribution >= 4 is 27.3 Å². The van der Waals surface area contributed by atoms with Crippen molar-refractivity contribution in [1.29, 1.82) is 0 Å². The van der Waals surface area contributed by atoms with Gasteiger partial charge in [0.05, 0.1) is 23.1 Å². The average molecular weight is 398 g/mol. The predicted molar refractivity (Wildman–Crippen MR) is 95.0 cm³/mol. The minimum Gasteiger partial charge on any atom is -0.598 e. The number of benzene rings is 1. The Bertz CT molecular complexity index is 727. The second kappa shape index (κ2) is 6.12. The Hall–Kier alpha value is -1.02. The molecule has 0 spiro atoms. The fourth-order valence-electron chi connectivity index (χ4n) is 2.44. The van der Waals surface area contributed by atoms with Gasteiger partial charge in [0.2, 0.25) is 0 Å². The van der Waals surface area contributed by atoms with Gasteiger partial charge in [-0.25, -0.2) is 4.98 Å². The van der Waals surface area contributed by atoms with Crippen LogP contribution in [-0.2, 0) is 18.0 Å². The fraction of sp³-hybridized carbons (Fsp3) is 0.438. The van der Waals surface area contributed by atoms with E-state index in [-0.39, 0.29) is 10.8 Å². The lowest BCUT2D eigenvalue weighted by Gasteiger charge is -2.27. The molecule has 1 N–H and O–H groups in total. The lowest BCUT2D eigenvalue weighted by atomic mass is 10.2. The van der Waals surface area contributed by atoms with Crippen molar-refractivity contribution < 1.29 is 9.29 Å². The first-order valence-electron chi connectivity index (χ1n) is 7.44. The Morgan fingerprint density at radius 3 is 2.87 bits per heavy atom. The first kappa shape index (κ1) is 16.8. The van der Waals surface area contributed by atoms with Crippen molar-refractivity contribution in [3.05, 3.63) is 40.4 Å². The predicted octanol–water partition coefficient (Wildman–Crippen LogP) is 3.64. The van der Waals surface area contributed by atoms with Crippen molar-refractivity contribution in [3.8, 4) is 11.4 Å².